The predicted molar refractivity (Wildman–Crippen MR) is 80.4 cm³/mol. The Bertz CT molecular complexity index is 592. The molecule has 0 saturated carbocycles. The van der Waals surface area contributed by atoms with E-state index in [-0.39, 0.29) is 16.0 Å². The lowest BCUT2D eigenvalue weighted by Gasteiger charge is -2.32. The Kier molecular flexibility index (Phi) is 5.45. The Morgan fingerprint density at radius 2 is 2.29 bits per heavy atom. The van der Waals surface area contributed by atoms with Crippen LogP contribution in [0.2, 0.25) is 5.02 Å². The Labute approximate surface area is 130 Å². The van der Waals surface area contributed by atoms with Crippen LogP contribution in [0.15, 0.2) is 23.1 Å². The van der Waals surface area contributed by atoms with Crippen LogP contribution in [0.1, 0.15) is 0 Å². The van der Waals surface area contributed by atoms with Gasteiger partial charge in [0.2, 0.25) is 10.0 Å². The fourth-order valence-corrected chi connectivity index (χ4v) is 4.02. The Balaban J connectivity index is 2.23. The highest BCUT2D eigenvalue weighted by atomic mass is 35.5. The van der Waals surface area contributed by atoms with Gasteiger partial charge in [-0.3, -0.25) is 0 Å². The maximum absolute atomic E-state index is 12.6. The molecular weight excluding hydrogens is 316 g/mol. The van der Waals surface area contributed by atoms with Gasteiger partial charge in [0.15, 0.2) is 0 Å². The van der Waals surface area contributed by atoms with Crippen LogP contribution in [0.5, 0.6) is 5.75 Å². The van der Waals surface area contributed by atoms with Crippen molar-refractivity contribution in [2.75, 3.05) is 40.4 Å². The molecule has 1 heterocycles. The molecule has 21 heavy (non-hydrogen) atoms. The maximum Gasteiger partial charge on any atom is 0.243 e. The summed E-state index contributed by atoms with van der Waals surface area (Å²) in [6.07, 6.45) is -0.146. The topological polar surface area (TPSA) is 67.9 Å². The van der Waals surface area contributed by atoms with Crippen LogP contribution < -0.4 is 10.1 Å². The molecule has 0 amide bonds. The Hall–Kier alpha value is -0.860. The van der Waals surface area contributed by atoms with Gasteiger partial charge in [0, 0.05) is 19.6 Å². The van der Waals surface area contributed by atoms with Gasteiger partial charge < -0.3 is 14.8 Å². The highest BCUT2D eigenvalue weighted by Gasteiger charge is 2.30. The van der Waals surface area contributed by atoms with Gasteiger partial charge in [-0.25, -0.2) is 8.42 Å². The molecular formula is C13H19ClN2O4S. The van der Waals surface area contributed by atoms with E-state index in [9.17, 15) is 8.42 Å². The summed E-state index contributed by atoms with van der Waals surface area (Å²) in [7, 11) is -0.284. The van der Waals surface area contributed by atoms with E-state index in [1.165, 1.54) is 23.5 Å². The quantitative estimate of drug-likeness (QED) is 0.868. The summed E-state index contributed by atoms with van der Waals surface area (Å²) in [6, 6.07) is 4.47. The van der Waals surface area contributed by atoms with Crippen molar-refractivity contribution in [3.05, 3.63) is 23.2 Å². The molecule has 1 aliphatic heterocycles. The molecule has 1 unspecified atom stereocenters. The van der Waals surface area contributed by atoms with Crippen molar-refractivity contribution in [1.82, 2.24) is 9.62 Å². The van der Waals surface area contributed by atoms with E-state index < -0.39 is 10.0 Å². The normalized spacial score (nSPS) is 20.4. The number of benzene rings is 1. The molecule has 118 valence electrons. The molecule has 2 rings (SSSR count). The number of hydrogen-bond donors (Lipinski definition) is 1. The lowest BCUT2D eigenvalue weighted by Crippen LogP contribution is -2.48. The molecule has 8 heteroatoms. The van der Waals surface area contributed by atoms with Crippen LogP contribution in [-0.2, 0) is 14.8 Å². The number of hydrogen-bond acceptors (Lipinski definition) is 5. The molecule has 1 atom stereocenters. The van der Waals surface area contributed by atoms with Gasteiger partial charge >= 0.3 is 0 Å². The molecule has 6 nitrogen and oxygen atoms in total. The first-order valence-corrected chi connectivity index (χ1v) is 8.40. The molecule has 0 radical (unpaired) electrons. The highest BCUT2D eigenvalue weighted by Crippen LogP contribution is 2.28. The second kappa shape index (κ2) is 6.93. The minimum absolute atomic E-state index is 0.146. The molecule has 0 bridgehead atoms. The van der Waals surface area contributed by atoms with E-state index in [0.29, 0.717) is 32.0 Å². The molecule has 1 aliphatic rings. The van der Waals surface area contributed by atoms with Crippen molar-refractivity contribution in [3.63, 3.8) is 0 Å². The van der Waals surface area contributed by atoms with Crippen LogP contribution in [0.25, 0.3) is 0 Å². The minimum Gasteiger partial charge on any atom is -0.495 e. The molecule has 0 aliphatic carbocycles. The molecule has 1 aromatic rings. The monoisotopic (exact) mass is 334 g/mol. The first-order chi connectivity index (χ1) is 9.98. The summed E-state index contributed by atoms with van der Waals surface area (Å²) in [4.78, 5) is 0.165. The van der Waals surface area contributed by atoms with Crippen molar-refractivity contribution < 1.29 is 17.9 Å². The largest absolute Gasteiger partial charge is 0.495 e. The molecule has 1 fully saturated rings. The van der Waals surface area contributed by atoms with Crippen molar-refractivity contribution >= 4 is 21.6 Å². The van der Waals surface area contributed by atoms with Gasteiger partial charge in [-0.2, -0.15) is 4.31 Å². The Morgan fingerprint density at radius 3 is 2.90 bits per heavy atom. The van der Waals surface area contributed by atoms with E-state index in [2.05, 4.69) is 5.32 Å². The lowest BCUT2D eigenvalue weighted by molar-refractivity contribution is 0.000823. The summed E-state index contributed by atoms with van der Waals surface area (Å²) in [5.41, 5.74) is 0. The third-order valence-corrected chi connectivity index (χ3v) is 5.45. The number of sulfonamides is 1. The first kappa shape index (κ1) is 16.5. The molecule has 0 spiro atoms. The van der Waals surface area contributed by atoms with E-state index in [0.717, 1.165) is 0 Å². The van der Waals surface area contributed by atoms with E-state index >= 15 is 0 Å². The van der Waals surface area contributed by atoms with Gasteiger partial charge in [0.25, 0.3) is 0 Å². The van der Waals surface area contributed by atoms with Crippen LogP contribution in [0, 0.1) is 0 Å². The van der Waals surface area contributed by atoms with Gasteiger partial charge in [0.05, 0.1) is 29.7 Å². The van der Waals surface area contributed by atoms with E-state index in [1.54, 1.807) is 13.1 Å². The smallest absolute Gasteiger partial charge is 0.243 e. The third kappa shape index (κ3) is 3.67. The minimum atomic E-state index is -3.58. The second-order valence-electron chi connectivity index (χ2n) is 4.71. The maximum atomic E-state index is 12.6. The number of rotatable bonds is 5. The first-order valence-electron chi connectivity index (χ1n) is 6.59. The van der Waals surface area contributed by atoms with Crippen LogP contribution in [0.3, 0.4) is 0 Å². The van der Waals surface area contributed by atoms with E-state index in [1.807, 2.05) is 0 Å². The number of nitrogens with one attached hydrogen (secondary N) is 1. The van der Waals surface area contributed by atoms with Crippen LogP contribution >= 0.6 is 11.6 Å². The number of halogens is 1. The Morgan fingerprint density at radius 1 is 1.52 bits per heavy atom. The standard InChI is InChI=1S/C13H19ClN2O4S/c1-15-8-10-9-16(5-6-20-10)21(17,18)11-3-4-13(19-2)12(14)7-11/h3-4,7,10,15H,5-6,8-9H2,1-2H3. The molecule has 1 N–H and O–H groups in total. The molecule has 1 saturated heterocycles. The summed E-state index contributed by atoms with van der Waals surface area (Å²) in [6.45, 7) is 1.66. The van der Waals surface area contributed by atoms with Gasteiger partial charge in [-0.05, 0) is 25.2 Å². The van der Waals surface area contributed by atoms with E-state index in [4.69, 9.17) is 21.1 Å². The highest BCUT2D eigenvalue weighted by molar-refractivity contribution is 7.89. The third-order valence-electron chi connectivity index (χ3n) is 3.29. The summed E-state index contributed by atoms with van der Waals surface area (Å²) in [5.74, 6) is 0.450. The lowest BCUT2D eigenvalue weighted by atomic mass is 10.3. The number of nitrogens with zero attached hydrogens (tertiary/aromatic N) is 1. The van der Waals surface area contributed by atoms with Crippen molar-refractivity contribution in [2.45, 2.75) is 11.0 Å². The summed E-state index contributed by atoms with van der Waals surface area (Å²) in [5, 5.41) is 3.27. The van der Waals surface area contributed by atoms with Gasteiger partial charge in [-0.1, -0.05) is 11.6 Å². The molecule has 0 aromatic heterocycles. The van der Waals surface area contributed by atoms with Crippen LogP contribution in [0.4, 0.5) is 0 Å². The average Bonchev–Trinajstić information content (AvgIpc) is 2.48. The van der Waals surface area contributed by atoms with Gasteiger partial charge in [-0.15, -0.1) is 0 Å². The number of methoxy groups -OCH3 is 1. The predicted octanol–water partition coefficient (Wildman–Crippen LogP) is 0.958. The zero-order valence-corrected chi connectivity index (χ0v) is 13.6. The fourth-order valence-electron chi connectivity index (χ4n) is 2.22. The van der Waals surface area contributed by atoms with Crippen molar-refractivity contribution in [1.29, 1.82) is 0 Å². The number of likely N-dealkylation sites (N-methyl/N-ethyl adjacent to an activating group) is 1. The average molecular weight is 335 g/mol. The summed E-state index contributed by atoms with van der Waals surface area (Å²) < 4.78 is 37.3. The fraction of sp³-hybridized carbons (Fsp3) is 0.538. The number of ether oxygens (including phenoxy) is 2. The zero-order chi connectivity index (χ0) is 15.5. The zero-order valence-electron chi connectivity index (χ0n) is 12.0. The van der Waals surface area contributed by atoms with Crippen molar-refractivity contribution in [2.24, 2.45) is 0 Å². The second-order valence-corrected chi connectivity index (χ2v) is 7.06. The van der Waals surface area contributed by atoms with Gasteiger partial charge in [0.1, 0.15) is 5.75 Å². The summed E-state index contributed by atoms with van der Waals surface area (Å²) >= 11 is 6.01. The molecule has 1 aromatic carbocycles. The number of morpholine rings is 1. The SMILES string of the molecule is CNCC1CN(S(=O)(=O)c2ccc(OC)c(Cl)c2)CCO1. The van der Waals surface area contributed by atoms with Crippen LogP contribution in [-0.4, -0.2) is 59.2 Å². The van der Waals surface area contributed by atoms with Crippen molar-refractivity contribution in [3.8, 4) is 5.75 Å².